The summed E-state index contributed by atoms with van der Waals surface area (Å²) in [5.74, 6) is -2.51. The summed E-state index contributed by atoms with van der Waals surface area (Å²) < 4.78 is 0. The van der Waals surface area contributed by atoms with Crippen LogP contribution in [0.2, 0.25) is 0 Å². The Morgan fingerprint density at radius 2 is 1.88 bits per heavy atom. The third kappa shape index (κ3) is 7.85. The molecule has 138 valence electrons. The van der Waals surface area contributed by atoms with Gasteiger partial charge < -0.3 is 20.0 Å². The normalized spacial score (nSPS) is 16.8. The molecule has 2 N–H and O–H groups in total. The van der Waals surface area contributed by atoms with Gasteiger partial charge in [-0.15, -0.1) is 0 Å². The van der Waals surface area contributed by atoms with E-state index in [1.165, 1.54) is 30.6 Å². The summed E-state index contributed by atoms with van der Waals surface area (Å²) in [5.41, 5.74) is 2.85. The van der Waals surface area contributed by atoms with Gasteiger partial charge in [0.1, 0.15) is 0 Å². The van der Waals surface area contributed by atoms with Crippen LogP contribution in [0.5, 0.6) is 0 Å². The molecule has 1 aromatic carbocycles. The van der Waals surface area contributed by atoms with Gasteiger partial charge in [0.2, 0.25) is 0 Å². The highest BCUT2D eigenvalue weighted by atomic mass is 16.4. The number of nitrogens with zero attached hydrogens (tertiary/aromatic N) is 2. The molecule has 0 spiro atoms. The molecule has 1 saturated heterocycles. The van der Waals surface area contributed by atoms with Crippen LogP contribution in [0.1, 0.15) is 25.3 Å². The highest BCUT2D eigenvalue weighted by Gasteiger charge is 2.24. The summed E-state index contributed by atoms with van der Waals surface area (Å²) in [6, 6.07) is 9.72. The molecule has 1 fully saturated rings. The maximum atomic E-state index is 9.55. The van der Waals surface area contributed by atoms with Crippen molar-refractivity contribution in [2.45, 2.75) is 32.2 Å². The van der Waals surface area contributed by atoms with Crippen LogP contribution >= 0.6 is 0 Å². The van der Waals surface area contributed by atoms with Crippen LogP contribution in [-0.4, -0.2) is 60.3 Å². The number of carboxylic acids is 2. The fourth-order valence-electron chi connectivity index (χ4n) is 2.88. The zero-order valence-corrected chi connectivity index (χ0v) is 15.2. The maximum Gasteiger partial charge on any atom is 0.328 e. The van der Waals surface area contributed by atoms with Crippen molar-refractivity contribution in [1.29, 1.82) is 0 Å². The monoisotopic (exact) mass is 348 g/mol. The first kappa shape index (κ1) is 20.7. The van der Waals surface area contributed by atoms with Gasteiger partial charge in [-0.3, -0.25) is 0 Å². The van der Waals surface area contributed by atoms with Crippen molar-refractivity contribution < 1.29 is 19.8 Å². The Hall–Kier alpha value is -2.34. The number of carboxylic acid groups (broad SMARTS) is 2. The van der Waals surface area contributed by atoms with Gasteiger partial charge in [-0.25, -0.2) is 9.59 Å². The van der Waals surface area contributed by atoms with E-state index in [1.54, 1.807) is 0 Å². The van der Waals surface area contributed by atoms with Gasteiger partial charge in [-0.2, -0.15) is 0 Å². The van der Waals surface area contributed by atoms with Crippen LogP contribution in [0, 0.1) is 0 Å². The molecule has 0 aromatic heterocycles. The Morgan fingerprint density at radius 3 is 2.40 bits per heavy atom. The molecule has 2 rings (SSSR count). The summed E-state index contributed by atoms with van der Waals surface area (Å²) in [6.07, 6.45) is 4.90. The second kappa shape index (κ2) is 10.5. The standard InChI is InChI=1S/C15H24N2.C4H4O4/c1-4-13-7-5-8-14(11-13)17-10-6-9-15(17)12-16(2)3;5-3(6)1-2-4(7)8/h5,7-8,11,15H,4,6,9-10,12H2,1-3H3;1-2H,(H,5,6)(H,7,8)/b;2-1+. The van der Waals surface area contributed by atoms with Gasteiger partial charge in [0, 0.05) is 37.0 Å². The van der Waals surface area contributed by atoms with Crippen molar-refractivity contribution in [3.05, 3.63) is 42.0 Å². The quantitative estimate of drug-likeness (QED) is 0.769. The largest absolute Gasteiger partial charge is 0.478 e. The second-order valence-corrected chi connectivity index (χ2v) is 6.28. The summed E-state index contributed by atoms with van der Waals surface area (Å²) in [5, 5.41) is 15.6. The Bertz CT molecular complexity index is 583. The van der Waals surface area contributed by atoms with Crippen LogP contribution in [-0.2, 0) is 16.0 Å². The van der Waals surface area contributed by atoms with Gasteiger partial charge >= 0.3 is 11.9 Å². The van der Waals surface area contributed by atoms with Crippen molar-refractivity contribution in [1.82, 2.24) is 4.90 Å². The van der Waals surface area contributed by atoms with E-state index >= 15 is 0 Å². The van der Waals surface area contributed by atoms with Gasteiger partial charge in [0.05, 0.1) is 0 Å². The summed E-state index contributed by atoms with van der Waals surface area (Å²) in [7, 11) is 4.33. The van der Waals surface area contributed by atoms with Crippen LogP contribution in [0.25, 0.3) is 0 Å². The summed E-state index contributed by atoms with van der Waals surface area (Å²) >= 11 is 0. The van der Waals surface area contributed by atoms with Crippen molar-refractivity contribution >= 4 is 17.6 Å². The van der Waals surface area contributed by atoms with E-state index in [0.29, 0.717) is 18.2 Å². The number of aliphatic carboxylic acids is 2. The molecule has 0 bridgehead atoms. The third-order valence-electron chi connectivity index (χ3n) is 3.97. The number of anilines is 1. The van der Waals surface area contributed by atoms with Crippen LogP contribution in [0.4, 0.5) is 5.69 Å². The summed E-state index contributed by atoms with van der Waals surface area (Å²) in [6.45, 7) is 4.60. The van der Waals surface area contributed by atoms with Crippen molar-refractivity contribution in [3.8, 4) is 0 Å². The van der Waals surface area contributed by atoms with Crippen molar-refractivity contribution in [2.75, 3.05) is 32.1 Å². The Morgan fingerprint density at radius 1 is 1.24 bits per heavy atom. The molecule has 25 heavy (non-hydrogen) atoms. The number of likely N-dealkylation sites (N-methyl/N-ethyl adjacent to an activating group) is 1. The lowest BCUT2D eigenvalue weighted by molar-refractivity contribution is -0.134. The average Bonchev–Trinajstić information content (AvgIpc) is 3.01. The molecule has 1 heterocycles. The minimum Gasteiger partial charge on any atom is -0.478 e. The molecule has 6 nitrogen and oxygen atoms in total. The maximum absolute atomic E-state index is 9.55. The van der Waals surface area contributed by atoms with Crippen LogP contribution in [0.3, 0.4) is 0 Å². The lowest BCUT2D eigenvalue weighted by Crippen LogP contribution is -2.37. The topological polar surface area (TPSA) is 81.1 Å². The number of hydrogen-bond donors (Lipinski definition) is 2. The molecule has 1 aromatic rings. The average molecular weight is 348 g/mol. The Kier molecular flexibility index (Phi) is 8.70. The molecule has 1 aliphatic rings. The fourth-order valence-corrected chi connectivity index (χ4v) is 2.88. The van der Waals surface area contributed by atoms with Gasteiger partial charge in [-0.1, -0.05) is 19.1 Å². The van der Waals surface area contributed by atoms with E-state index in [1.807, 2.05) is 0 Å². The Labute approximate surface area is 149 Å². The minimum absolute atomic E-state index is 0.558. The molecule has 1 unspecified atom stereocenters. The molecule has 1 aliphatic heterocycles. The first-order valence-corrected chi connectivity index (χ1v) is 8.47. The highest BCUT2D eigenvalue weighted by molar-refractivity contribution is 5.89. The minimum atomic E-state index is -1.26. The predicted octanol–water partition coefficient (Wildman–Crippen LogP) is 2.49. The number of rotatable bonds is 6. The van der Waals surface area contributed by atoms with Gasteiger partial charge in [0.25, 0.3) is 0 Å². The molecular formula is C19H28N2O4. The van der Waals surface area contributed by atoms with Crippen molar-refractivity contribution in [3.63, 3.8) is 0 Å². The van der Waals surface area contributed by atoms with Gasteiger partial charge in [0.15, 0.2) is 0 Å². The fraction of sp³-hybridized carbons (Fsp3) is 0.474. The van der Waals surface area contributed by atoms with E-state index in [4.69, 9.17) is 10.2 Å². The third-order valence-corrected chi connectivity index (χ3v) is 3.97. The number of aryl methyl sites for hydroxylation is 1. The molecule has 0 radical (unpaired) electrons. The lowest BCUT2D eigenvalue weighted by Gasteiger charge is -2.29. The lowest BCUT2D eigenvalue weighted by atomic mass is 10.1. The van der Waals surface area contributed by atoms with Crippen LogP contribution < -0.4 is 4.90 Å². The first-order chi connectivity index (χ1) is 11.8. The number of hydrogen-bond acceptors (Lipinski definition) is 4. The SMILES string of the molecule is CCc1cccc(N2CCCC2CN(C)C)c1.O=C(O)/C=C/C(=O)O. The zero-order valence-electron chi connectivity index (χ0n) is 15.2. The van der Waals surface area contributed by atoms with E-state index in [0.717, 1.165) is 13.0 Å². The number of benzene rings is 1. The van der Waals surface area contributed by atoms with E-state index in [2.05, 4.69) is 55.1 Å². The van der Waals surface area contributed by atoms with E-state index < -0.39 is 11.9 Å². The second-order valence-electron chi connectivity index (χ2n) is 6.28. The molecular weight excluding hydrogens is 320 g/mol. The van der Waals surface area contributed by atoms with E-state index in [9.17, 15) is 9.59 Å². The molecule has 0 amide bonds. The predicted molar refractivity (Wildman–Crippen MR) is 99.2 cm³/mol. The van der Waals surface area contributed by atoms with Crippen LogP contribution in [0.15, 0.2) is 36.4 Å². The summed E-state index contributed by atoms with van der Waals surface area (Å²) in [4.78, 5) is 24.0. The number of carbonyl (C=O) groups is 2. The first-order valence-electron chi connectivity index (χ1n) is 8.47. The van der Waals surface area contributed by atoms with Crippen molar-refractivity contribution in [2.24, 2.45) is 0 Å². The zero-order chi connectivity index (χ0) is 18.8. The molecule has 0 saturated carbocycles. The molecule has 6 heteroatoms. The van der Waals surface area contributed by atoms with E-state index in [-0.39, 0.29) is 0 Å². The van der Waals surface area contributed by atoms with Gasteiger partial charge in [-0.05, 0) is 51.1 Å². The Balaban J connectivity index is 0.000000333. The highest BCUT2D eigenvalue weighted by Crippen LogP contribution is 2.26. The smallest absolute Gasteiger partial charge is 0.328 e. The molecule has 0 aliphatic carbocycles. The molecule has 1 atom stereocenters.